The molecule has 1 aromatic rings. The lowest BCUT2D eigenvalue weighted by molar-refractivity contribution is -0.131. The third-order valence-electron chi connectivity index (χ3n) is 3.19. The van der Waals surface area contributed by atoms with Gasteiger partial charge in [0.1, 0.15) is 10.6 Å². The molecule has 1 saturated heterocycles. The van der Waals surface area contributed by atoms with Gasteiger partial charge in [0, 0.05) is 19.2 Å². The summed E-state index contributed by atoms with van der Waals surface area (Å²) >= 11 is 0. The molecule has 0 saturated carbocycles. The fourth-order valence-corrected chi connectivity index (χ4v) is 3.69. The van der Waals surface area contributed by atoms with Crippen molar-refractivity contribution in [3.8, 4) is 5.75 Å². The van der Waals surface area contributed by atoms with Crippen molar-refractivity contribution in [2.24, 2.45) is 0 Å². The van der Waals surface area contributed by atoms with Gasteiger partial charge in [0.2, 0.25) is 10.0 Å². The predicted octanol–water partition coefficient (Wildman–Crippen LogP) is 0.814. The largest absolute Gasteiger partial charge is 0.495 e. The fourth-order valence-electron chi connectivity index (χ4n) is 2.09. The fraction of sp³-hybridized carbons (Fsp3) is 0.357. The molecule has 2 rings (SSSR count). The minimum absolute atomic E-state index is 0.0180. The molecule has 0 radical (unpaired) electrons. The van der Waals surface area contributed by atoms with Gasteiger partial charge in [-0.25, -0.2) is 13.2 Å². The quantitative estimate of drug-likeness (QED) is 0.805. The van der Waals surface area contributed by atoms with E-state index in [1.54, 1.807) is 6.07 Å². The van der Waals surface area contributed by atoms with Crippen LogP contribution in [0.1, 0.15) is 5.56 Å². The zero-order valence-electron chi connectivity index (χ0n) is 12.1. The van der Waals surface area contributed by atoms with E-state index in [9.17, 15) is 13.2 Å². The molecule has 0 aromatic heterocycles. The summed E-state index contributed by atoms with van der Waals surface area (Å²) in [7, 11) is -2.33. The van der Waals surface area contributed by atoms with Crippen molar-refractivity contribution in [1.82, 2.24) is 4.31 Å². The average molecular weight is 327 g/mol. The van der Waals surface area contributed by atoms with Crippen molar-refractivity contribution in [2.75, 3.05) is 33.4 Å². The first-order valence-corrected chi connectivity index (χ1v) is 8.06. The second kappa shape index (κ2) is 6.91. The van der Waals surface area contributed by atoms with E-state index >= 15 is 0 Å². The molecule has 0 atom stereocenters. The van der Waals surface area contributed by atoms with Crippen LogP contribution in [0, 0.1) is 0 Å². The number of morpholine rings is 1. The van der Waals surface area contributed by atoms with Crippen LogP contribution in [-0.4, -0.2) is 57.2 Å². The molecule has 1 aromatic carbocycles. The summed E-state index contributed by atoms with van der Waals surface area (Å²) in [5.41, 5.74) is 0.468. The van der Waals surface area contributed by atoms with Crippen molar-refractivity contribution in [1.29, 1.82) is 0 Å². The highest BCUT2D eigenvalue weighted by atomic mass is 32.2. The van der Waals surface area contributed by atoms with Crippen LogP contribution >= 0.6 is 0 Å². The Morgan fingerprint density at radius 2 is 2.05 bits per heavy atom. The Morgan fingerprint density at radius 1 is 1.36 bits per heavy atom. The molecule has 0 unspecified atom stereocenters. The van der Waals surface area contributed by atoms with Crippen molar-refractivity contribution >= 4 is 22.1 Å². The maximum atomic E-state index is 12.7. The SMILES string of the molecule is COc1ccc(/C=C/C(=O)O)cc1S(=O)(=O)N1CCOCC1. The third kappa shape index (κ3) is 3.65. The molecule has 0 bridgehead atoms. The van der Waals surface area contributed by atoms with Gasteiger partial charge >= 0.3 is 5.97 Å². The number of ether oxygens (including phenoxy) is 2. The number of rotatable bonds is 5. The van der Waals surface area contributed by atoms with Crippen LogP contribution in [0.4, 0.5) is 0 Å². The highest BCUT2D eigenvalue weighted by Gasteiger charge is 2.29. The minimum atomic E-state index is -3.72. The van der Waals surface area contributed by atoms with E-state index in [-0.39, 0.29) is 23.7 Å². The lowest BCUT2D eigenvalue weighted by atomic mass is 10.2. The van der Waals surface area contributed by atoms with Crippen LogP contribution in [0.15, 0.2) is 29.2 Å². The Balaban J connectivity index is 2.42. The van der Waals surface area contributed by atoms with Crippen LogP contribution in [0.25, 0.3) is 6.08 Å². The molecule has 0 amide bonds. The minimum Gasteiger partial charge on any atom is -0.495 e. The summed E-state index contributed by atoms with van der Waals surface area (Å²) < 4.78 is 37.0. The Kier molecular flexibility index (Phi) is 5.17. The lowest BCUT2D eigenvalue weighted by Gasteiger charge is -2.26. The monoisotopic (exact) mass is 327 g/mol. The van der Waals surface area contributed by atoms with E-state index < -0.39 is 16.0 Å². The molecule has 1 aliphatic heterocycles. The molecule has 1 N–H and O–H groups in total. The second-order valence-corrected chi connectivity index (χ2v) is 6.50. The number of aliphatic carboxylic acids is 1. The van der Waals surface area contributed by atoms with Gasteiger partial charge in [0.25, 0.3) is 0 Å². The summed E-state index contributed by atoms with van der Waals surface area (Å²) in [6, 6.07) is 4.51. The van der Waals surface area contributed by atoms with Gasteiger partial charge < -0.3 is 14.6 Å². The molecule has 1 aliphatic rings. The standard InChI is InChI=1S/C14H17NO6S/c1-20-12-4-2-11(3-5-14(16)17)10-13(12)22(18,19)15-6-8-21-9-7-15/h2-5,10H,6-9H2,1H3,(H,16,17)/b5-3+. The molecular weight excluding hydrogens is 310 g/mol. The predicted molar refractivity (Wildman–Crippen MR) is 79.2 cm³/mol. The summed E-state index contributed by atoms with van der Waals surface area (Å²) in [4.78, 5) is 10.6. The topological polar surface area (TPSA) is 93.1 Å². The van der Waals surface area contributed by atoms with Crippen molar-refractivity contribution in [3.63, 3.8) is 0 Å². The van der Waals surface area contributed by atoms with Gasteiger partial charge in [-0.3, -0.25) is 0 Å². The Hall–Kier alpha value is -1.90. The van der Waals surface area contributed by atoms with Crippen LogP contribution in [0.3, 0.4) is 0 Å². The van der Waals surface area contributed by atoms with E-state index in [4.69, 9.17) is 14.6 Å². The normalized spacial score (nSPS) is 16.8. The summed E-state index contributed by atoms with van der Waals surface area (Å²) in [6.07, 6.45) is 2.28. The zero-order valence-corrected chi connectivity index (χ0v) is 12.9. The van der Waals surface area contributed by atoms with Crippen molar-refractivity contribution in [3.05, 3.63) is 29.8 Å². The zero-order chi connectivity index (χ0) is 16.2. The van der Waals surface area contributed by atoms with Gasteiger partial charge in [-0.2, -0.15) is 4.31 Å². The first kappa shape index (κ1) is 16.5. The van der Waals surface area contributed by atoms with Crippen molar-refractivity contribution < 1.29 is 27.8 Å². The highest BCUT2D eigenvalue weighted by molar-refractivity contribution is 7.89. The van der Waals surface area contributed by atoms with Crippen LogP contribution in [0.5, 0.6) is 5.75 Å². The van der Waals surface area contributed by atoms with E-state index in [2.05, 4.69) is 0 Å². The second-order valence-electron chi connectivity index (χ2n) is 4.60. The van der Waals surface area contributed by atoms with Crippen molar-refractivity contribution in [2.45, 2.75) is 4.90 Å². The number of carboxylic acid groups (broad SMARTS) is 1. The molecular formula is C14H17NO6S. The summed E-state index contributed by atoms with van der Waals surface area (Å²) in [5, 5.41) is 8.66. The van der Waals surface area contributed by atoms with Crippen LogP contribution in [0.2, 0.25) is 0 Å². The molecule has 1 heterocycles. The average Bonchev–Trinajstić information content (AvgIpc) is 2.53. The summed E-state index contributed by atoms with van der Waals surface area (Å²) in [6.45, 7) is 1.25. The molecule has 1 fully saturated rings. The van der Waals surface area contributed by atoms with E-state index in [1.807, 2.05) is 0 Å². The number of carboxylic acids is 1. The number of carbonyl (C=O) groups is 1. The maximum absolute atomic E-state index is 12.7. The number of hydrogen-bond acceptors (Lipinski definition) is 5. The highest BCUT2D eigenvalue weighted by Crippen LogP contribution is 2.28. The first-order valence-electron chi connectivity index (χ1n) is 6.62. The number of benzene rings is 1. The molecule has 22 heavy (non-hydrogen) atoms. The third-order valence-corrected chi connectivity index (χ3v) is 5.11. The Morgan fingerprint density at radius 3 is 2.64 bits per heavy atom. The Labute approximate surface area is 128 Å². The number of hydrogen-bond donors (Lipinski definition) is 1. The number of nitrogens with zero attached hydrogens (tertiary/aromatic N) is 1. The van der Waals surface area contributed by atoms with Gasteiger partial charge in [-0.05, 0) is 23.8 Å². The van der Waals surface area contributed by atoms with Gasteiger partial charge in [0.05, 0.1) is 20.3 Å². The van der Waals surface area contributed by atoms with Gasteiger partial charge in [-0.1, -0.05) is 6.07 Å². The first-order chi connectivity index (χ1) is 10.4. The lowest BCUT2D eigenvalue weighted by Crippen LogP contribution is -2.40. The van der Waals surface area contributed by atoms with E-state index in [0.717, 1.165) is 6.08 Å². The van der Waals surface area contributed by atoms with Gasteiger partial charge in [0.15, 0.2) is 0 Å². The molecule has 8 heteroatoms. The summed E-state index contributed by atoms with van der Waals surface area (Å²) in [5.74, 6) is -0.882. The van der Waals surface area contributed by atoms with Gasteiger partial charge in [-0.15, -0.1) is 0 Å². The van der Waals surface area contributed by atoms with E-state index in [1.165, 1.54) is 29.6 Å². The molecule has 7 nitrogen and oxygen atoms in total. The van der Waals surface area contributed by atoms with Crippen LogP contribution < -0.4 is 4.74 Å². The molecule has 0 aliphatic carbocycles. The number of methoxy groups -OCH3 is 1. The van der Waals surface area contributed by atoms with Crippen LogP contribution in [-0.2, 0) is 19.6 Å². The smallest absolute Gasteiger partial charge is 0.328 e. The molecule has 0 spiro atoms. The Bertz CT molecular complexity index is 677. The number of sulfonamides is 1. The maximum Gasteiger partial charge on any atom is 0.328 e. The van der Waals surface area contributed by atoms with E-state index in [0.29, 0.717) is 18.8 Å². The molecule has 120 valence electrons.